The number of ketones is 1. The smallest absolute Gasteiger partial charge is 0.164 e. The Morgan fingerprint density at radius 2 is 1.38 bits per heavy atom. The molecule has 0 aromatic rings. The molecule has 0 radical (unpaired) electrons. The molecule has 0 spiro atoms. The molecule has 0 heterocycles. The summed E-state index contributed by atoms with van der Waals surface area (Å²) in [5, 5.41) is 0. The molecule has 0 bridgehead atoms. The first-order valence-electron chi connectivity index (χ1n) is 9.33. The van der Waals surface area contributed by atoms with Crippen LogP contribution in [0.4, 0.5) is 0 Å². The number of methoxy groups -OCH3 is 1. The minimum Gasteiger partial charge on any atom is -0.370 e. The van der Waals surface area contributed by atoms with Gasteiger partial charge in [-0.1, -0.05) is 77.6 Å². The van der Waals surface area contributed by atoms with Gasteiger partial charge < -0.3 is 4.74 Å². The standard InChI is InChI=1S/C19H36O2/c1-3-4-5-6-7-8-9-12-15-18(20)19(21-2)16-13-10-11-14-17-19/h3-17H2,1-2H3. The molecule has 124 valence electrons. The molecule has 1 fully saturated rings. The molecule has 0 aromatic heterocycles. The minimum atomic E-state index is -0.433. The van der Waals surface area contributed by atoms with Gasteiger partial charge in [0.2, 0.25) is 0 Å². The molecular weight excluding hydrogens is 260 g/mol. The Bertz CT molecular complexity index is 265. The van der Waals surface area contributed by atoms with E-state index in [-0.39, 0.29) is 0 Å². The SMILES string of the molecule is CCCCCCCCCCC(=O)C1(OC)CCCCCC1. The second-order valence-electron chi connectivity index (χ2n) is 6.76. The van der Waals surface area contributed by atoms with E-state index in [9.17, 15) is 4.79 Å². The van der Waals surface area contributed by atoms with E-state index < -0.39 is 5.60 Å². The Labute approximate surface area is 132 Å². The molecule has 2 heteroatoms. The Kier molecular flexibility index (Phi) is 9.99. The van der Waals surface area contributed by atoms with E-state index in [0.29, 0.717) is 5.78 Å². The van der Waals surface area contributed by atoms with Crippen LogP contribution in [0, 0.1) is 0 Å². The third kappa shape index (κ3) is 6.95. The van der Waals surface area contributed by atoms with Gasteiger partial charge in [-0.3, -0.25) is 4.79 Å². The highest BCUT2D eigenvalue weighted by Gasteiger charge is 2.37. The Balaban J connectivity index is 2.16. The zero-order valence-electron chi connectivity index (χ0n) is 14.4. The van der Waals surface area contributed by atoms with E-state index in [4.69, 9.17) is 4.74 Å². The van der Waals surface area contributed by atoms with Gasteiger partial charge in [0.15, 0.2) is 5.78 Å². The fourth-order valence-electron chi connectivity index (χ4n) is 3.54. The van der Waals surface area contributed by atoms with Gasteiger partial charge in [-0.05, 0) is 19.3 Å². The van der Waals surface area contributed by atoms with Crippen molar-refractivity contribution in [3.63, 3.8) is 0 Å². The van der Waals surface area contributed by atoms with Crippen molar-refractivity contribution < 1.29 is 9.53 Å². The molecule has 0 atom stereocenters. The fraction of sp³-hybridized carbons (Fsp3) is 0.947. The first-order chi connectivity index (χ1) is 10.2. The normalized spacial score (nSPS) is 18.4. The van der Waals surface area contributed by atoms with Crippen LogP contribution in [0.25, 0.3) is 0 Å². The van der Waals surface area contributed by atoms with E-state index in [2.05, 4.69) is 6.92 Å². The monoisotopic (exact) mass is 296 g/mol. The highest BCUT2D eigenvalue weighted by Crippen LogP contribution is 2.32. The molecule has 0 aromatic carbocycles. The molecule has 21 heavy (non-hydrogen) atoms. The number of unbranched alkanes of at least 4 members (excludes halogenated alkanes) is 7. The molecule has 1 saturated carbocycles. The summed E-state index contributed by atoms with van der Waals surface area (Å²) in [6.45, 7) is 2.25. The van der Waals surface area contributed by atoms with Crippen molar-refractivity contribution >= 4 is 5.78 Å². The predicted octanol–water partition coefficient (Wildman–Crippen LogP) is 5.83. The lowest BCUT2D eigenvalue weighted by atomic mass is 9.86. The zero-order valence-corrected chi connectivity index (χ0v) is 14.4. The summed E-state index contributed by atoms with van der Waals surface area (Å²) in [5.41, 5.74) is -0.433. The van der Waals surface area contributed by atoms with Crippen LogP contribution in [0.3, 0.4) is 0 Å². The van der Waals surface area contributed by atoms with Crippen LogP contribution in [-0.2, 0) is 9.53 Å². The third-order valence-corrected chi connectivity index (χ3v) is 5.07. The average Bonchev–Trinajstić information content (AvgIpc) is 2.76. The van der Waals surface area contributed by atoms with Gasteiger partial charge in [-0.2, -0.15) is 0 Å². The maximum Gasteiger partial charge on any atom is 0.164 e. The third-order valence-electron chi connectivity index (χ3n) is 5.07. The molecule has 0 unspecified atom stereocenters. The van der Waals surface area contributed by atoms with Crippen molar-refractivity contribution in [2.24, 2.45) is 0 Å². The van der Waals surface area contributed by atoms with Crippen molar-refractivity contribution in [3.8, 4) is 0 Å². The second-order valence-corrected chi connectivity index (χ2v) is 6.76. The van der Waals surface area contributed by atoms with Crippen LogP contribution in [0.1, 0.15) is 103 Å². The van der Waals surface area contributed by atoms with Crippen molar-refractivity contribution in [1.29, 1.82) is 0 Å². The first-order valence-corrected chi connectivity index (χ1v) is 9.33. The number of Topliss-reactive ketones (excluding diaryl/α,β-unsaturated/α-hetero) is 1. The summed E-state index contributed by atoms with van der Waals surface area (Å²) >= 11 is 0. The number of carbonyl (C=O) groups is 1. The quantitative estimate of drug-likeness (QED) is 0.354. The van der Waals surface area contributed by atoms with Crippen LogP contribution >= 0.6 is 0 Å². The first kappa shape index (κ1) is 18.7. The molecule has 2 nitrogen and oxygen atoms in total. The lowest BCUT2D eigenvalue weighted by molar-refractivity contribution is -0.143. The maximum atomic E-state index is 12.6. The van der Waals surface area contributed by atoms with Crippen molar-refractivity contribution in [1.82, 2.24) is 0 Å². The summed E-state index contributed by atoms with van der Waals surface area (Å²) < 4.78 is 5.69. The molecule has 0 N–H and O–H groups in total. The highest BCUT2D eigenvalue weighted by molar-refractivity contribution is 5.87. The van der Waals surface area contributed by atoms with Crippen LogP contribution < -0.4 is 0 Å². The highest BCUT2D eigenvalue weighted by atomic mass is 16.5. The molecule has 1 aliphatic rings. The molecular formula is C19H36O2. The van der Waals surface area contributed by atoms with Gasteiger partial charge in [0.25, 0.3) is 0 Å². The van der Waals surface area contributed by atoms with Gasteiger partial charge in [0.05, 0.1) is 0 Å². The summed E-state index contributed by atoms with van der Waals surface area (Å²) in [4.78, 5) is 12.6. The van der Waals surface area contributed by atoms with Gasteiger partial charge in [0.1, 0.15) is 5.60 Å². The van der Waals surface area contributed by atoms with Crippen LogP contribution in [0.15, 0.2) is 0 Å². The summed E-state index contributed by atoms with van der Waals surface area (Å²) in [6.07, 6.45) is 17.7. The number of hydrogen-bond acceptors (Lipinski definition) is 2. The van der Waals surface area contributed by atoms with Crippen LogP contribution in [-0.4, -0.2) is 18.5 Å². The summed E-state index contributed by atoms with van der Waals surface area (Å²) in [6, 6.07) is 0. The van der Waals surface area contributed by atoms with Crippen molar-refractivity contribution in [2.45, 2.75) is 109 Å². The lowest BCUT2D eigenvalue weighted by Gasteiger charge is -2.29. The van der Waals surface area contributed by atoms with Gasteiger partial charge in [-0.25, -0.2) is 0 Å². The largest absolute Gasteiger partial charge is 0.370 e. The molecule has 1 aliphatic carbocycles. The van der Waals surface area contributed by atoms with E-state index in [1.807, 2.05) is 0 Å². The van der Waals surface area contributed by atoms with Gasteiger partial charge >= 0.3 is 0 Å². The number of carbonyl (C=O) groups excluding carboxylic acids is 1. The Hall–Kier alpha value is -0.370. The topological polar surface area (TPSA) is 26.3 Å². The molecule has 0 saturated heterocycles. The van der Waals surface area contributed by atoms with Gasteiger partial charge in [-0.15, -0.1) is 0 Å². The lowest BCUT2D eigenvalue weighted by Crippen LogP contribution is -2.40. The maximum absolute atomic E-state index is 12.6. The summed E-state index contributed by atoms with van der Waals surface area (Å²) in [5.74, 6) is 0.373. The van der Waals surface area contributed by atoms with E-state index in [0.717, 1.165) is 38.5 Å². The number of hydrogen-bond donors (Lipinski definition) is 0. The average molecular weight is 296 g/mol. The molecule has 1 rings (SSSR count). The van der Waals surface area contributed by atoms with Gasteiger partial charge in [0, 0.05) is 13.5 Å². The summed E-state index contributed by atoms with van der Waals surface area (Å²) in [7, 11) is 1.73. The van der Waals surface area contributed by atoms with Crippen molar-refractivity contribution in [2.75, 3.05) is 7.11 Å². The predicted molar refractivity (Wildman–Crippen MR) is 89.7 cm³/mol. The van der Waals surface area contributed by atoms with Crippen LogP contribution in [0.5, 0.6) is 0 Å². The minimum absolute atomic E-state index is 0.373. The molecule has 0 aliphatic heterocycles. The zero-order chi connectivity index (χ0) is 15.4. The molecule has 0 amide bonds. The van der Waals surface area contributed by atoms with E-state index in [1.54, 1.807) is 7.11 Å². The van der Waals surface area contributed by atoms with E-state index in [1.165, 1.54) is 57.8 Å². The van der Waals surface area contributed by atoms with Crippen LogP contribution in [0.2, 0.25) is 0 Å². The van der Waals surface area contributed by atoms with Crippen molar-refractivity contribution in [3.05, 3.63) is 0 Å². The number of rotatable bonds is 11. The Morgan fingerprint density at radius 3 is 1.90 bits per heavy atom. The fourth-order valence-corrected chi connectivity index (χ4v) is 3.54. The second kappa shape index (κ2) is 11.2. The Morgan fingerprint density at radius 1 is 0.857 bits per heavy atom. The van der Waals surface area contributed by atoms with E-state index >= 15 is 0 Å². The number of ether oxygens (including phenoxy) is 1.